The van der Waals surface area contributed by atoms with Crippen LogP contribution in [0.2, 0.25) is 0 Å². The van der Waals surface area contributed by atoms with Crippen LogP contribution >= 0.6 is 0 Å². The first-order valence-electron chi connectivity index (χ1n) is 13.5. The fourth-order valence-corrected chi connectivity index (χ4v) is 7.94. The van der Waals surface area contributed by atoms with Gasteiger partial charge in [0.2, 0.25) is 0 Å². The number of fused-ring (bicyclic) bond motifs is 1. The first-order valence-corrected chi connectivity index (χ1v) is 13.5. The van der Waals surface area contributed by atoms with Crippen LogP contribution in [-0.2, 0) is 0 Å². The molecular weight excluding hydrogens is 380 g/mol. The van der Waals surface area contributed by atoms with E-state index in [1.165, 1.54) is 64.2 Å². The van der Waals surface area contributed by atoms with Gasteiger partial charge in [-0.15, -0.1) is 0 Å². The third-order valence-corrected chi connectivity index (χ3v) is 9.84. The highest BCUT2D eigenvalue weighted by atomic mass is 16.3. The average molecular weight is 429 g/mol. The fourth-order valence-electron chi connectivity index (χ4n) is 7.94. The maximum Gasteiger partial charge on any atom is 0.0643 e. The number of hydrogen-bond donors (Lipinski definition) is 2. The summed E-state index contributed by atoms with van der Waals surface area (Å²) >= 11 is 0. The van der Waals surface area contributed by atoms with E-state index in [0.717, 1.165) is 43.4 Å². The normalized spacial score (nSPS) is 38.8. The molecule has 2 fully saturated rings. The van der Waals surface area contributed by atoms with E-state index in [4.69, 9.17) is 0 Å². The molecule has 0 heterocycles. The van der Waals surface area contributed by atoms with E-state index in [9.17, 15) is 10.2 Å². The summed E-state index contributed by atoms with van der Waals surface area (Å²) in [5.74, 6) is 2.75. The summed E-state index contributed by atoms with van der Waals surface area (Å²) in [4.78, 5) is 0. The minimum atomic E-state index is -0.524. The van der Waals surface area contributed by atoms with Crippen molar-refractivity contribution in [2.45, 2.75) is 129 Å². The van der Waals surface area contributed by atoms with Crippen LogP contribution in [0.1, 0.15) is 118 Å². The average Bonchev–Trinajstić information content (AvgIpc) is 3.05. The van der Waals surface area contributed by atoms with Crippen molar-refractivity contribution in [2.24, 2.45) is 29.1 Å². The molecule has 176 valence electrons. The second kappa shape index (κ2) is 9.34. The zero-order valence-electron chi connectivity index (χ0n) is 20.8. The molecule has 2 heteroatoms. The van der Waals surface area contributed by atoms with Crippen LogP contribution in [0, 0.1) is 29.1 Å². The molecule has 2 N–H and O–H groups in total. The zero-order chi connectivity index (χ0) is 22.2. The van der Waals surface area contributed by atoms with Crippen LogP contribution in [0.15, 0.2) is 22.8 Å². The van der Waals surface area contributed by atoms with Crippen molar-refractivity contribution in [3.63, 3.8) is 0 Å². The van der Waals surface area contributed by atoms with Gasteiger partial charge in [-0.25, -0.2) is 0 Å². The maximum absolute atomic E-state index is 10.8. The van der Waals surface area contributed by atoms with Gasteiger partial charge in [-0.2, -0.15) is 0 Å². The quantitative estimate of drug-likeness (QED) is 0.434. The Bertz CT molecular complexity index is 696. The van der Waals surface area contributed by atoms with Gasteiger partial charge in [0.05, 0.1) is 11.7 Å². The molecule has 2 nitrogen and oxygen atoms in total. The van der Waals surface area contributed by atoms with Crippen molar-refractivity contribution in [1.82, 2.24) is 0 Å². The number of hydrogen-bond acceptors (Lipinski definition) is 2. The van der Waals surface area contributed by atoms with Crippen LogP contribution < -0.4 is 0 Å². The van der Waals surface area contributed by atoms with E-state index in [1.807, 2.05) is 13.8 Å². The van der Waals surface area contributed by atoms with E-state index in [-0.39, 0.29) is 6.10 Å². The van der Waals surface area contributed by atoms with E-state index in [0.29, 0.717) is 11.3 Å². The lowest BCUT2D eigenvalue weighted by Gasteiger charge is -2.44. The predicted molar refractivity (Wildman–Crippen MR) is 130 cm³/mol. The van der Waals surface area contributed by atoms with E-state index >= 15 is 0 Å². The Morgan fingerprint density at radius 2 is 1.87 bits per heavy atom. The SMILES string of the molecule is CC(CCCC(C)(C)O)C1CCC2C/C(=C\C3C4=C(CCCC4)CCC3O)CCC21C. The van der Waals surface area contributed by atoms with Gasteiger partial charge in [-0.05, 0) is 114 Å². The molecule has 6 atom stereocenters. The molecule has 31 heavy (non-hydrogen) atoms. The maximum atomic E-state index is 10.8. The fraction of sp³-hybridized carbons (Fsp3) is 0.862. The van der Waals surface area contributed by atoms with Crippen molar-refractivity contribution in [2.75, 3.05) is 0 Å². The molecule has 0 aromatic carbocycles. The van der Waals surface area contributed by atoms with Crippen LogP contribution in [-0.4, -0.2) is 21.9 Å². The first kappa shape index (κ1) is 23.6. The third kappa shape index (κ3) is 5.16. The van der Waals surface area contributed by atoms with Gasteiger partial charge in [0.25, 0.3) is 0 Å². The molecule has 0 aromatic rings. The van der Waals surface area contributed by atoms with Gasteiger partial charge < -0.3 is 10.2 Å². The zero-order valence-corrected chi connectivity index (χ0v) is 20.8. The van der Waals surface area contributed by atoms with Gasteiger partial charge in [-0.3, -0.25) is 0 Å². The van der Waals surface area contributed by atoms with Crippen LogP contribution in [0.3, 0.4) is 0 Å². The molecule has 6 unspecified atom stereocenters. The Labute approximate surface area is 191 Å². The minimum Gasteiger partial charge on any atom is -0.392 e. The van der Waals surface area contributed by atoms with Gasteiger partial charge in [0.15, 0.2) is 0 Å². The summed E-state index contributed by atoms with van der Waals surface area (Å²) in [7, 11) is 0. The smallest absolute Gasteiger partial charge is 0.0643 e. The van der Waals surface area contributed by atoms with Crippen molar-refractivity contribution in [3.05, 3.63) is 22.8 Å². The molecule has 4 aliphatic rings. The highest BCUT2D eigenvalue weighted by Gasteiger charge is 2.49. The van der Waals surface area contributed by atoms with E-state index < -0.39 is 5.60 Å². The van der Waals surface area contributed by atoms with Crippen molar-refractivity contribution < 1.29 is 10.2 Å². The molecule has 2 saturated carbocycles. The molecular formula is C29H48O2. The van der Waals surface area contributed by atoms with Gasteiger partial charge in [0.1, 0.15) is 0 Å². The molecule has 0 amide bonds. The highest BCUT2D eigenvalue weighted by Crippen LogP contribution is 2.59. The summed E-state index contributed by atoms with van der Waals surface area (Å²) in [5.41, 5.74) is 4.94. The summed E-state index contributed by atoms with van der Waals surface area (Å²) in [6.07, 6.45) is 19.6. The molecule has 0 saturated heterocycles. The first-order chi connectivity index (χ1) is 14.7. The Hall–Kier alpha value is -0.600. The lowest BCUT2D eigenvalue weighted by atomic mass is 9.61. The Balaban J connectivity index is 1.40. The Morgan fingerprint density at radius 1 is 1.10 bits per heavy atom. The summed E-state index contributed by atoms with van der Waals surface area (Å²) in [6.45, 7) is 8.95. The van der Waals surface area contributed by atoms with Crippen molar-refractivity contribution >= 4 is 0 Å². The van der Waals surface area contributed by atoms with Gasteiger partial charge in [0, 0.05) is 5.92 Å². The van der Waals surface area contributed by atoms with Crippen LogP contribution in [0.5, 0.6) is 0 Å². The standard InChI is InChI=1S/C29H48O2/c1-20(8-7-16-28(2,3)31)26-13-12-23-18-21(15-17-29(23,26)4)19-25-24-10-6-5-9-22(24)11-14-27(25)30/h19-20,23,25-27,30-31H,5-18H2,1-4H3/b21-19-. The summed E-state index contributed by atoms with van der Waals surface area (Å²) in [6, 6.07) is 0. The Morgan fingerprint density at radius 3 is 2.65 bits per heavy atom. The number of aliphatic hydroxyl groups is 2. The number of allylic oxidation sites excluding steroid dienone is 2. The van der Waals surface area contributed by atoms with Gasteiger partial charge in [-0.1, -0.05) is 49.5 Å². The molecule has 4 rings (SSSR count). The third-order valence-electron chi connectivity index (χ3n) is 9.84. The highest BCUT2D eigenvalue weighted by molar-refractivity contribution is 5.30. The molecule has 0 aromatic heterocycles. The lowest BCUT2D eigenvalue weighted by molar-refractivity contribution is 0.0574. The largest absolute Gasteiger partial charge is 0.392 e. The van der Waals surface area contributed by atoms with Crippen LogP contribution in [0.4, 0.5) is 0 Å². The summed E-state index contributed by atoms with van der Waals surface area (Å²) in [5, 5.41) is 20.9. The van der Waals surface area contributed by atoms with Gasteiger partial charge >= 0.3 is 0 Å². The molecule has 4 aliphatic carbocycles. The van der Waals surface area contributed by atoms with E-state index in [1.54, 1.807) is 16.7 Å². The Kier molecular flexibility index (Phi) is 7.09. The topological polar surface area (TPSA) is 40.5 Å². The van der Waals surface area contributed by atoms with Crippen molar-refractivity contribution in [3.8, 4) is 0 Å². The second-order valence-electron chi connectivity index (χ2n) is 12.6. The molecule has 0 bridgehead atoms. The van der Waals surface area contributed by atoms with E-state index in [2.05, 4.69) is 19.9 Å². The number of rotatable bonds is 6. The molecule has 0 radical (unpaired) electrons. The minimum absolute atomic E-state index is 0.148. The summed E-state index contributed by atoms with van der Waals surface area (Å²) < 4.78 is 0. The second-order valence-corrected chi connectivity index (χ2v) is 12.6. The molecule has 0 spiro atoms. The number of aliphatic hydroxyl groups excluding tert-OH is 1. The lowest BCUT2D eigenvalue weighted by Crippen LogP contribution is -2.36. The monoisotopic (exact) mass is 428 g/mol. The molecule has 0 aliphatic heterocycles. The van der Waals surface area contributed by atoms with Crippen molar-refractivity contribution in [1.29, 1.82) is 0 Å². The predicted octanol–water partition coefficient (Wildman–Crippen LogP) is 7.35. The van der Waals surface area contributed by atoms with Crippen LogP contribution in [0.25, 0.3) is 0 Å².